The van der Waals surface area contributed by atoms with Crippen molar-refractivity contribution in [2.24, 2.45) is 23.5 Å². The molecular weight excluding hydrogens is 178 g/mol. The molecule has 4 atom stereocenters. The number of hydrogen-bond acceptors (Lipinski definition) is 3. The summed E-state index contributed by atoms with van der Waals surface area (Å²) < 4.78 is 0. The molecule has 3 N–H and O–H groups in total. The van der Waals surface area contributed by atoms with Crippen LogP contribution in [0.2, 0.25) is 0 Å². The number of nitrogens with two attached hydrogens (primary N) is 1. The van der Waals surface area contributed by atoms with Crippen LogP contribution in [0.3, 0.4) is 0 Å². The number of nitriles is 1. The number of carbonyl (C=O) groups is 1. The van der Waals surface area contributed by atoms with Crippen LogP contribution >= 0.6 is 0 Å². The quantitative estimate of drug-likeness (QED) is 0.606. The Balaban J connectivity index is 1.98. The molecule has 2 bridgehead atoms. The van der Waals surface area contributed by atoms with Crippen LogP contribution in [-0.4, -0.2) is 18.5 Å². The van der Waals surface area contributed by atoms with E-state index in [4.69, 9.17) is 11.0 Å². The second-order valence-electron chi connectivity index (χ2n) is 4.31. The Bertz CT molecular complexity index is 282. The van der Waals surface area contributed by atoms with E-state index in [2.05, 4.69) is 5.32 Å². The van der Waals surface area contributed by atoms with Crippen molar-refractivity contribution in [1.29, 1.82) is 5.26 Å². The minimum absolute atomic E-state index is 0.0208. The summed E-state index contributed by atoms with van der Waals surface area (Å²) in [5, 5.41) is 11.0. The van der Waals surface area contributed by atoms with Crippen LogP contribution in [0.15, 0.2) is 0 Å². The van der Waals surface area contributed by atoms with Crippen molar-refractivity contribution in [2.45, 2.75) is 25.3 Å². The van der Waals surface area contributed by atoms with E-state index >= 15 is 0 Å². The van der Waals surface area contributed by atoms with E-state index < -0.39 is 0 Å². The van der Waals surface area contributed by atoms with Gasteiger partial charge < -0.3 is 11.1 Å². The Morgan fingerprint density at radius 1 is 1.50 bits per heavy atom. The fourth-order valence-electron chi connectivity index (χ4n) is 2.97. The third kappa shape index (κ3) is 1.38. The van der Waals surface area contributed by atoms with E-state index in [0.717, 1.165) is 12.8 Å². The van der Waals surface area contributed by atoms with Crippen molar-refractivity contribution in [3.05, 3.63) is 0 Å². The van der Waals surface area contributed by atoms with E-state index in [1.54, 1.807) is 0 Å². The molecule has 0 aliphatic heterocycles. The van der Waals surface area contributed by atoms with Crippen LogP contribution in [0.25, 0.3) is 0 Å². The maximum Gasteiger partial charge on any atom is 0.225 e. The second-order valence-corrected chi connectivity index (χ2v) is 4.31. The molecule has 2 aliphatic carbocycles. The second kappa shape index (κ2) is 3.58. The molecule has 0 saturated heterocycles. The Morgan fingerprint density at radius 2 is 2.21 bits per heavy atom. The third-order valence-corrected chi connectivity index (χ3v) is 3.63. The van der Waals surface area contributed by atoms with Crippen LogP contribution in [0.5, 0.6) is 0 Å². The highest BCUT2D eigenvalue weighted by molar-refractivity contribution is 5.80. The lowest BCUT2D eigenvalue weighted by Crippen LogP contribution is -2.45. The summed E-state index contributed by atoms with van der Waals surface area (Å²) in [7, 11) is 0. The minimum atomic E-state index is -0.0397. The van der Waals surface area contributed by atoms with E-state index in [-0.39, 0.29) is 24.4 Å². The zero-order chi connectivity index (χ0) is 10.1. The predicted octanol–water partition coefficient (Wildman–Crippen LogP) is -0.000420. The lowest BCUT2D eigenvalue weighted by atomic mass is 9.84. The minimum Gasteiger partial charge on any atom is -0.343 e. The molecule has 0 heterocycles. The fourth-order valence-corrected chi connectivity index (χ4v) is 2.97. The lowest BCUT2D eigenvalue weighted by molar-refractivity contribution is -0.126. The molecule has 1 amide bonds. The van der Waals surface area contributed by atoms with E-state index in [1.165, 1.54) is 6.42 Å². The van der Waals surface area contributed by atoms with Crippen LogP contribution in [0.4, 0.5) is 0 Å². The number of hydrogen-bond donors (Lipinski definition) is 2. The molecule has 2 fully saturated rings. The molecule has 0 aromatic rings. The lowest BCUT2D eigenvalue weighted by Gasteiger charge is -2.26. The van der Waals surface area contributed by atoms with Crippen LogP contribution in [-0.2, 0) is 4.79 Å². The summed E-state index contributed by atoms with van der Waals surface area (Å²) in [6, 6.07) is 1.93. The molecule has 2 aliphatic rings. The maximum atomic E-state index is 11.7. The highest BCUT2D eigenvalue weighted by Crippen LogP contribution is 2.47. The van der Waals surface area contributed by atoms with Crippen LogP contribution in [0, 0.1) is 29.1 Å². The Hall–Kier alpha value is -1.08. The number of fused-ring (bicyclic) bond motifs is 2. The smallest absolute Gasteiger partial charge is 0.225 e. The number of carbonyl (C=O) groups excluding carboxylic acids is 1. The molecule has 2 rings (SSSR count). The van der Waals surface area contributed by atoms with Gasteiger partial charge >= 0.3 is 0 Å². The average molecular weight is 193 g/mol. The average Bonchev–Trinajstić information content (AvgIpc) is 2.74. The van der Waals surface area contributed by atoms with Gasteiger partial charge in [-0.3, -0.25) is 4.79 Å². The summed E-state index contributed by atoms with van der Waals surface area (Å²) in [5.74, 6) is 0.944. The largest absolute Gasteiger partial charge is 0.343 e. The molecule has 2 saturated carbocycles. The zero-order valence-electron chi connectivity index (χ0n) is 8.07. The van der Waals surface area contributed by atoms with Gasteiger partial charge in [-0.2, -0.15) is 5.26 Å². The van der Waals surface area contributed by atoms with Gasteiger partial charge in [0, 0.05) is 6.04 Å². The van der Waals surface area contributed by atoms with Crippen LogP contribution < -0.4 is 11.1 Å². The highest BCUT2D eigenvalue weighted by Gasteiger charge is 2.48. The predicted molar refractivity (Wildman–Crippen MR) is 50.9 cm³/mol. The molecule has 0 spiro atoms. The van der Waals surface area contributed by atoms with Gasteiger partial charge in [0.05, 0.1) is 12.0 Å². The van der Waals surface area contributed by atoms with Crippen molar-refractivity contribution < 1.29 is 4.79 Å². The van der Waals surface area contributed by atoms with Gasteiger partial charge in [0.1, 0.15) is 6.54 Å². The van der Waals surface area contributed by atoms with Gasteiger partial charge in [-0.05, 0) is 31.1 Å². The summed E-state index contributed by atoms with van der Waals surface area (Å²) in [4.78, 5) is 11.7. The normalized spacial score (nSPS) is 39.4. The Kier molecular flexibility index (Phi) is 2.42. The van der Waals surface area contributed by atoms with Crippen molar-refractivity contribution in [2.75, 3.05) is 6.54 Å². The van der Waals surface area contributed by atoms with Crippen LogP contribution in [0.1, 0.15) is 19.3 Å². The maximum absolute atomic E-state index is 11.7. The van der Waals surface area contributed by atoms with Gasteiger partial charge in [0.15, 0.2) is 0 Å². The molecule has 0 aromatic heterocycles. The van der Waals surface area contributed by atoms with E-state index in [1.807, 2.05) is 6.07 Å². The molecule has 4 nitrogen and oxygen atoms in total. The first-order chi connectivity index (χ1) is 6.74. The SMILES string of the molecule is N#CCNC(=O)C1C2CCC(C2)C1N. The van der Waals surface area contributed by atoms with Crippen molar-refractivity contribution >= 4 is 5.91 Å². The van der Waals surface area contributed by atoms with Gasteiger partial charge in [0.2, 0.25) is 5.91 Å². The van der Waals surface area contributed by atoms with E-state index in [0.29, 0.717) is 11.8 Å². The first-order valence-corrected chi connectivity index (χ1v) is 5.14. The summed E-state index contributed by atoms with van der Waals surface area (Å²) in [6.07, 6.45) is 3.41. The van der Waals surface area contributed by atoms with Crippen molar-refractivity contribution in [3.63, 3.8) is 0 Å². The standard InChI is InChI=1S/C10H15N3O/c11-3-4-13-10(14)8-6-1-2-7(5-6)9(8)12/h6-9H,1-2,4-5,12H2,(H,13,14). The topological polar surface area (TPSA) is 78.9 Å². The summed E-state index contributed by atoms with van der Waals surface area (Å²) in [5.41, 5.74) is 5.99. The molecule has 4 heteroatoms. The first kappa shape index (κ1) is 9.47. The number of nitrogens with zero attached hydrogens (tertiary/aromatic N) is 1. The zero-order valence-corrected chi connectivity index (χ0v) is 8.07. The van der Waals surface area contributed by atoms with Gasteiger partial charge in [-0.15, -0.1) is 0 Å². The fraction of sp³-hybridized carbons (Fsp3) is 0.800. The molecule has 14 heavy (non-hydrogen) atoms. The number of rotatable bonds is 2. The number of amides is 1. The molecule has 0 radical (unpaired) electrons. The first-order valence-electron chi connectivity index (χ1n) is 5.14. The van der Waals surface area contributed by atoms with Gasteiger partial charge in [-0.1, -0.05) is 0 Å². The highest BCUT2D eigenvalue weighted by atomic mass is 16.1. The molecule has 76 valence electrons. The third-order valence-electron chi connectivity index (χ3n) is 3.63. The van der Waals surface area contributed by atoms with E-state index in [9.17, 15) is 4.79 Å². The molecular formula is C10H15N3O. The number of nitrogens with one attached hydrogen (secondary N) is 1. The Morgan fingerprint density at radius 3 is 2.79 bits per heavy atom. The summed E-state index contributed by atoms with van der Waals surface area (Å²) in [6.45, 7) is 0.0967. The van der Waals surface area contributed by atoms with Gasteiger partial charge in [-0.25, -0.2) is 0 Å². The summed E-state index contributed by atoms with van der Waals surface area (Å²) >= 11 is 0. The molecule has 4 unspecified atom stereocenters. The molecule has 0 aromatic carbocycles. The van der Waals surface area contributed by atoms with Crippen molar-refractivity contribution in [3.8, 4) is 6.07 Å². The van der Waals surface area contributed by atoms with Gasteiger partial charge in [0.25, 0.3) is 0 Å². The monoisotopic (exact) mass is 193 g/mol. The Labute approximate surface area is 83.5 Å². The van der Waals surface area contributed by atoms with Crippen molar-refractivity contribution in [1.82, 2.24) is 5.32 Å².